The minimum atomic E-state index is 0.0595. The summed E-state index contributed by atoms with van der Waals surface area (Å²) < 4.78 is 14.0. The lowest BCUT2D eigenvalue weighted by Gasteiger charge is -2.33. The average Bonchev–Trinajstić information content (AvgIpc) is 2.51. The molecule has 0 aromatic rings. The van der Waals surface area contributed by atoms with Gasteiger partial charge >= 0.3 is 0 Å². The standard InChI is InChI=1S/C19H36FN/c1-8-15(4)18(7)19(20)13-11-12-14-21(16(5)9-2)17(6)10-3/h8,16-17H,9-14H2,1-7H3/b15-8-,19-18+. The lowest BCUT2D eigenvalue weighted by atomic mass is 10.0. The van der Waals surface area contributed by atoms with Crippen molar-refractivity contribution in [2.24, 2.45) is 0 Å². The highest BCUT2D eigenvalue weighted by atomic mass is 19.1. The number of nitrogens with zero attached hydrogens (tertiary/aromatic N) is 1. The van der Waals surface area contributed by atoms with E-state index in [0.717, 1.165) is 30.5 Å². The zero-order chi connectivity index (χ0) is 16.4. The number of unbranched alkanes of at least 4 members (excludes halogenated alkanes) is 1. The summed E-state index contributed by atoms with van der Waals surface area (Å²) in [5.74, 6) is 0.0595. The van der Waals surface area contributed by atoms with Crippen LogP contribution in [-0.2, 0) is 0 Å². The van der Waals surface area contributed by atoms with Crippen LogP contribution in [0, 0.1) is 0 Å². The summed E-state index contributed by atoms with van der Waals surface area (Å²) in [5, 5.41) is 0. The van der Waals surface area contributed by atoms with Gasteiger partial charge in [0, 0.05) is 12.1 Å². The van der Waals surface area contributed by atoms with Crippen molar-refractivity contribution in [1.82, 2.24) is 4.90 Å². The fourth-order valence-electron chi connectivity index (χ4n) is 2.54. The zero-order valence-electron chi connectivity index (χ0n) is 15.3. The van der Waals surface area contributed by atoms with Crippen molar-refractivity contribution >= 4 is 0 Å². The number of halogens is 1. The van der Waals surface area contributed by atoms with Crippen LogP contribution < -0.4 is 0 Å². The van der Waals surface area contributed by atoms with Crippen molar-refractivity contribution in [1.29, 1.82) is 0 Å². The molecule has 0 fully saturated rings. The van der Waals surface area contributed by atoms with E-state index in [1.165, 1.54) is 12.8 Å². The third-order valence-corrected chi connectivity index (χ3v) is 4.81. The highest BCUT2D eigenvalue weighted by Crippen LogP contribution is 2.20. The molecule has 2 unspecified atom stereocenters. The summed E-state index contributed by atoms with van der Waals surface area (Å²) in [6.45, 7) is 16.0. The molecule has 0 amide bonds. The van der Waals surface area contributed by atoms with Gasteiger partial charge in [-0.1, -0.05) is 19.9 Å². The van der Waals surface area contributed by atoms with Gasteiger partial charge in [-0.15, -0.1) is 0 Å². The number of hydrogen-bond donors (Lipinski definition) is 0. The second kappa shape index (κ2) is 11.0. The van der Waals surface area contributed by atoms with Crippen molar-refractivity contribution in [3.63, 3.8) is 0 Å². The van der Waals surface area contributed by atoms with Crippen LogP contribution in [0.1, 0.15) is 80.6 Å². The maximum Gasteiger partial charge on any atom is 0.103 e. The SMILES string of the molecule is C/C=C(C)\C(C)=C(\F)CCCCN(C(C)CC)C(C)CC. The first kappa shape index (κ1) is 20.4. The topological polar surface area (TPSA) is 3.24 Å². The van der Waals surface area contributed by atoms with Gasteiger partial charge in [-0.25, -0.2) is 4.39 Å². The Morgan fingerprint density at radius 2 is 1.57 bits per heavy atom. The highest BCUT2D eigenvalue weighted by Gasteiger charge is 2.17. The van der Waals surface area contributed by atoms with Gasteiger partial charge in [0.25, 0.3) is 0 Å². The summed E-state index contributed by atoms with van der Waals surface area (Å²) >= 11 is 0. The van der Waals surface area contributed by atoms with E-state index in [2.05, 4.69) is 32.6 Å². The first-order chi connectivity index (χ1) is 9.88. The fourth-order valence-corrected chi connectivity index (χ4v) is 2.54. The van der Waals surface area contributed by atoms with E-state index in [9.17, 15) is 4.39 Å². The molecule has 0 aromatic carbocycles. The van der Waals surface area contributed by atoms with Crippen LogP contribution in [0.25, 0.3) is 0 Å². The predicted molar refractivity (Wildman–Crippen MR) is 93.3 cm³/mol. The Kier molecular flexibility index (Phi) is 10.7. The molecule has 0 aliphatic heterocycles. The van der Waals surface area contributed by atoms with E-state index >= 15 is 0 Å². The van der Waals surface area contributed by atoms with Gasteiger partial charge in [0.2, 0.25) is 0 Å². The molecule has 21 heavy (non-hydrogen) atoms. The van der Waals surface area contributed by atoms with E-state index in [0.29, 0.717) is 18.5 Å². The fraction of sp³-hybridized carbons (Fsp3) is 0.789. The van der Waals surface area contributed by atoms with E-state index in [1.54, 1.807) is 0 Å². The lowest BCUT2D eigenvalue weighted by molar-refractivity contribution is 0.143. The van der Waals surface area contributed by atoms with E-state index in [1.807, 2.05) is 26.8 Å². The lowest BCUT2D eigenvalue weighted by Crippen LogP contribution is -2.40. The molecule has 0 aliphatic rings. The molecule has 124 valence electrons. The minimum absolute atomic E-state index is 0.0595. The molecule has 0 rings (SSSR count). The number of rotatable bonds is 10. The second-order valence-electron chi connectivity index (χ2n) is 6.21. The molecule has 0 aromatic heterocycles. The van der Waals surface area contributed by atoms with E-state index < -0.39 is 0 Å². The van der Waals surface area contributed by atoms with Crippen LogP contribution >= 0.6 is 0 Å². The van der Waals surface area contributed by atoms with Gasteiger partial charge in [-0.2, -0.15) is 0 Å². The minimum Gasteiger partial charge on any atom is -0.298 e. The third-order valence-electron chi connectivity index (χ3n) is 4.81. The normalized spacial score (nSPS) is 16.9. The molecule has 0 saturated carbocycles. The van der Waals surface area contributed by atoms with E-state index in [4.69, 9.17) is 0 Å². The summed E-state index contributed by atoms with van der Waals surface area (Å²) in [6, 6.07) is 1.24. The molecule has 2 atom stereocenters. The second-order valence-corrected chi connectivity index (χ2v) is 6.21. The molecular weight excluding hydrogens is 261 g/mol. The van der Waals surface area contributed by atoms with Crippen LogP contribution in [0.3, 0.4) is 0 Å². The Morgan fingerprint density at radius 3 is 2.00 bits per heavy atom. The highest BCUT2D eigenvalue weighted by molar-refractivity contribution is 5.28. The Bertz CT molecular complexity index is 333. The monoisotopic (exact) mass is 297 g/mol. The quantitative estimate of drug-likeness (QED) is 0.339. The average molecular weight is 298 g/mol. The maximum atomic E-state index is 14.0. The Hall–Kier alpha value is -0.630. The molecule has 2 heteroatoms. The van der Waals surface area contributed by atoms with Crippen LogP contribution in [-0.4, -0.2) is 23.5 Å². The molecular formula is C19H36FN. The van der Waals surface area contributed by atoms with Crippen molar-refractivity contribution in [2.75, 3.05) is 6.54 Å². The van der Waals surface area contributed by atoms with Gasteiger partial charge in [-0.05, 0) is 84.4 Å². The summed E-state index contributed by atoms with van der Waals surface area (Å²) in [5.41, 5.74) is 1.87. The summed E-state index contributed by atoms with van der Waals surface area (Å²) in [6.07, 6.45) is 6.92. The summed E-state index contributed by atoms with van der Waals surface area (Å²) in [7, 11) is 0. The molecule has 0 bridgehead atoms. The first-order valence-electron chi connectivity index (χ1n) is 8.63. The van der Waals surface area contributed by atoms with Crippen molar-refractivity contribution in [3.05, 3.63) is 23.0 Å². The first-order valence-corrected chi connectivity index (χ1v) is 8.63. The largest absolute Gasteiger partial charge is 0.298 e. The van der Waals surface area contributed by atoms with Crippen molar-refractivity contribution < 1.29 is 4.39 Å². The van der Waals surface area contributed by atoms with Gasteiger partial charge in [0.05, 0.1) is 0 Å². The zero-order valence-corrected chi connectivity index (χ0v) is 15.3. The number of allylic oxidation sites excluding steroid dienone is 4. The Balaban J connectivity index is 4.34. The Morgan fingerprint density at radius 1 is 1.05 bits per heavy atom. The van der Waals surface area contributed by atoms with E-state index in [-0.39, 0.29) is 5.83 Å². The smallest absolute Gasteiger partial charge is 0.103 e. The molecule has 0 heterocycles. The number of hydrogen-bond acceptors (Lipinski definition) is 1. The van der Waals surface area contributed by atoms with Crippen LogP contribution in [0.15, 0.2) is 23.0 Å². The third kappa shape index (κ3) is 7.26. The molecule has 1 nitrogen and oxygen atoms in total. The predicted octanol–water partition coefficient (Wildman–Crippen LogP) is 6.27. The molecule has 0 radical (unpaired) electrons. The van der Waals surface area contributed by atoms with Crippen LogP contribution in [0.4, 0.5) is 4.39 Å². The Labute approximate surface area is 132 Å². The molecule has 0 N–H and O–H groups in total. The van der Waals surface area contributed by atoms with Gasteiger partial charge in [0.15, 0.2) is 0 Å². The van der Waals surface area contributed by atoms with Gasteiger partial charge < -0.3 is 0 Å². The van der Waals surface area contributed by atoms with Gasteiger partial charge in [0.1, 0.15) is 5.83 Å². The molecule has 0 saturated heterocycles. The molecule has 0 aliphatic carbocycles. The molecule has 0 spiro atoms. The van der Waals surface area contributed by atoms with Gasteiger partial charge in [-0.3, -0.25) is 4.90 Å². The maximum absolute atomic E-state index is 14.0. The van der Waals surface area contributed by atoms with Crippen LogP contribution in [0.5, 0.6) is 0 Å². The van der Waals surface area contributed by atoms with Crippen molar-refractivity contribution in [2.45, 2.75) is 92.7 Å². The summed E-state index contributed by atoms with van der Waals surface area (Å²) in [4.78, 5) is 2.58. The van der Waals surface area contributed by atoms with Crippen molar-refractivity contribution in [3.8, 4) is 0 Å². The van der Waals surface area contributed by atoms with Crippen LogP contribution in [0.2, 0.25) is 0 Å².